The van der Waals surface area contributed by atoms with E-state index >= 15 is 0 Å². The molecule has 5 nitrogen and oxygen atoms in total. The van der Waals surface area contributed by atoms with Crippen LogP contribution in [0.4, 0.5) is 22.4 Å². The molecule has 10 heteroatoms. The van der Waals surface area contributed by atoms with Crippen molar-refractivity contribution in [1.29, 1.82) is 0 Å². The van der Waals surface area contributed by atoms with Gasteiger partial charge in [0.25, 0.3) is 0 Å². The highest BCUT2D eigenvalue weighted by Crippen LogP contribution is 2.45. The van der Waals surface area contributed by atoms with Crippen molar-refractivity contribution in [2.75, 3.05) is 13.1 Å². The van der Waals surface area contributed by atoms with E-state index in [0.717, 1.165) is 12.1 Å². The summed E-state index contributed by atoms with van der Waals surface area (Å²) in [6.45, 7) is 2.00. The van der Waals surface area contributed by atoms with Crippen molar-refractivity contribution < 1.29 is 27.2 Å². The molecule has 0 radical (unpaired) electrons. The Labute approximate surface area is 164 Å². The van der Waals surface area contributed by atoms with Crippen molar-refractivity contribution in [3.05, 3.63) is 34.4 Å². The standard InChI is InChI=1S/C18H20ClF4N3O2/c1-9-16(27)24-6-7-26(9)17(28)25-15(10-4-5-18(22,23)8-10)11-2-3-12(20)13(19)14(11)21/h2-3,9-10,15H,4-8H2,1H3,(H,24,27)(H,25,28)/t9-,10?,15?/m1/s1. The number of amides is 3. The van der Waals surface area contributed by atoms with Crippen LogP contribution in [0.1, 0.15) is 37.8 Å². The number of nitrogens with zero attached hydrogens (tertiary/aromatic N) is 1. The molecule has 1 saturated heterocycles. The van der Waals surface area contributed by atoms with Crippen molar-refractivity contribution in [2.24, 2.45) is 5.92 Å². The largest absolute Gasteiger partial charge is 0.353 e. The number of halogens is 5. The van der Waals surface area contributed by atoms with E-state index in [1.807, 2.05) is 0 Å². The third-order valence-corrected chi connectivity index (χ3v) is 5.70. The van der Waals surface area contributed by atoms with Crippen LogP contribution in [0.15, 0.2) is 12.1 Å². The Kier molecular flexibility index (Phi) is 5.74. The van der Waals surface area contributed by atoms with Crippen molar-refractivity contribution in [1.82, 2.24) is 15.5 Å². The minimum atomic E-state index is -2.92. The molecule has 0 aromatic heterocycles. The summed E-state index contributed by atoms with van der Waals surface area (Å²) < 4.78 is 55.7. The quantitative estimate of drug-likeness (QED) is 0.578. The van der Waals surface area contributed by atoms with Gasteiger partial charge in [0, 0.05) is 31.5 Å². The Morgan fingerprint density at radius 1 is 1.39 bits per heavy atom. The van der Waals surface area contributed by atoms with Crippen LogP contribution in [-0.4, -0.2) is 41.9 Å². The fourth-order valence-electron chi connectivity index (χ4n) is 3.78. The maximum Gasteiger partial charge on any atom is 0.318 e. The first-order valence-corrected chi connectivity index (χ1v) is 9.34. The molecule has 3 rings (SSSR count). The maximum atomic E-state index is 14.6. The molecule has 1 saturated carbocycles. The average molecular weight is 422 g/mol. The fraction of sp³-hybridized carbons (Fsp3) is 0.556. The third kappa shape index (κ3) is 4.04. The van der Waals surface area contributed by atoms with Crippen molar-refractivity contribution >= 4 is 23.5 Å². The normalized spacial score (nSPS) is 25.4. The summed E-state index contributed by atoms with van der Waals surface area (Å²) in [4.78, 5) is 25.8. The first kappa shape index (κ1) is 20.7. The second kappa shape index (κ2) is 7.77. The number of piperazine rings is 1. The highest BCUT2D eigenvalue weighted by Gasteiger charge is 2.44. The molecule has 2 N–H and O–H groups in total. The van der Waals surface area contributed by atoms with Crippen LogP contribution in [0.5, 0.6) is 0 Å². The molecule has 2 fully saturated rings. The van der Waals surface area contributed by atoms with Gasteiger partial charge < -0.3 is 15.5 Å². The topological polar surface area (TPSA) is 61.4 Å². The Morgan fingerprint density at radius 2 is 2.11 bits per heavy atom. The maximum absolute atomic E-state index is 14.6. The zero-order valence-corrected chi connectivity index (χ0v) is 15.8. The van der Waals surface area contributed by atoms with Gasteiger partial charge in [0.2, 0.25) is 11.8 Å². The zero-order valence-electron chi connectivity index (χ0n) is 15.1. The summed E-state index contributed by atoms with van der Waals surface area (Å²) in [7, 11) is 0. The number of rotatable bonds is 3. The Hall–Kier alpha value is -2.03. The smallest absolute Gasteiger partial charge is 0.318 e. The number of urea groups is 1. The van der Waals surface area contributed by atoms with Crippen LogP contribution in [-0.2, 0) is 4.79 Å². The van der Waals surface area contributed by atoms with Crippen molar-refractivity contribution in [3.8, 4) is 0 Å². The van der Waals surface area contributed by atoms with Crippen molar-refractivity contribution in [3.63, 3.8) is 0 Å². The number of hydrogen-bond donors (Lipinski definition) is 2. The van der Waals surface area contributed by atoms with E-state index < -0.39 is 53.0 Å². The van der Waals surface area contributed by atoms with Gasteiger partial charge in [-0.3, -0.25) is 4.79 Å². The van der Waals surface area contributed by atoms with Gasteiger partial charge in [-0.1, -0.05) is 17.7 Å². The third-order valence-electron chi connectivity index (χ3n) is 5.35. The molecule has 1 aromatic carbocycles. The molecule has 0 spiro atoms. The summed E-state index contributed by atoms with van der Waals surface area (Å²) in [5.74, 6) is -6.10. The van der Waals surface area contributed by atoms with Gasteiger partial charge in [0.15, 0.2) is 0 Å². The van der Waals surface area contributed by atoms with E-state index in [-0.39, 0.29) is 37.4 Å². The summed E-state index contributed by atoms with van der Waals surface area (Å²) in [5.41, 5.74) is -0.156. The molecular formula is C18H20ClF4N3O2. The average Bonchev–Trinajstić information content (AvgIpc) is 3.00. The van der Waals surface area contributed by atoms with Crippen LogP contribution >= 0.6 is 11.6 Å². The Balaban J connectivity index is 1.90. The number of carbonyl (C=O) groups is 2. The number of nitrogens with one attached hydrogen (secondary N) is 2. The first-order valence-electron chi connectivity index (χ1n) is 8.97. The lowest BCUT2D eigenvalue weighted by molar-refractivity contribution is -0.126. The molecule has 2 aliphatic rings. The molecule has 3 atom stereocenters. The second-order valence-electron chi connectivity index (χ2n) is 7.21. The van der Waals surface area contributed by atoms with Gasteiger partial charge in [0.1, 0.15) is 22.7 Å². The summed E-state index contributed by atoms with van der Waals surface area (Å²) in [5, 5.41) is 4.43. The minimum absolute atomic E-state index is 0.0580. The lowest BCUT2D eigenvalue weighted by Gasteiger charge is -2.35. The van der Waals surface area contributed by atoms with Gasteiger partial charge in [0.05, 0.1) is 6.04 Å². The Bertz CT molecular complexity index is 792. The Morgan fingerprint density at radius 3 is 2.75 bits per heavy atom. The van der Waals surface area contributed by atoms with Crippen LogP contribution in [0.2, 0.25) is 5.02 Å². The number of alkyl halides is 2. The van der Waals surface area contributed by atoms with Crippen molar-refractivity contribution in [2.45, 2.75) is 44.2 Å². The van der Waals surface area contributed by atoms with E-state index in [1.165, 1.54) is 11.8 Å². The van der Waals surface area contributed by atoms with Gasteiger partial charge in [-0.05, 0) is 25.3 Å². The molecule has 28 heavy (non-hydrogen) atoms. The highest BCUT2D eigenvalue weighted by atomic mass is 35.5. The molecule has 2 unspecified atom stereocenters. The molecule has 154 valence electrons. The van der Waals surface area contributed by atoms with Gasteiger partial charge >= 0.3 is 6.03 Å². The van der Waals surface area contributed by atoms with E-state index in [2.05, 4.69) is 10.6 Å². The van der Waals surface area contributed by atoms with Gasteiger partial charge in [-0.2, -0.15) is 0 Å². The zero-order chi connectivity index (χ0) is 20.6. The van der Waals surface area contributed by atoms with E-state index in [0.29, 0.717) is 0 Å². The molecular weight excluding hydrogens is 402 g/mol. The number of carbonyl (C=O) groups excluding carboxylic acids is 2. The van der Waals surface area contributed by atoms with Gasteiger partial charge in [-0.15, -0.1) is 0 Å². The lowest BCUT2D eigenvalue weighted by atomic mass is 9.91. The summed E-state index contributed by atoms with van der Waals surface area (Å²) >= 11 is 5.64. The van der Waals surface area contributed by atoms with Crippen LogP contribution in [0.3, 0.4) is 0 Å². The van der Waals surface area contributed by atoms with Crippen LogP contribution < -0.4 is 10.6 Å². The van der Waals surface area contributed by atoms with E-state index in [4.69, 9.17) is 11.6 Å². The second-order valence-corrected chi connectivity index (χ2v) is 7.59. The van der Waals surface area contributed by atoms with Crippen LogP contribution in [0.25, 0.3) is 0 Å². The lowest BCUT2D eigenvalue weighted by Crippen LogP contribution is -2.58. The van der Waals surface area contributed by atoms with Gasteiger partial charge in [-0.25, -0.2) is 22.4 Å². The fourth-order valence-corrected chi connectivity index (χ4v) is 3.95. The van der Waals surface area contributed by atoms with E-state index in [9.17, 15) is 27.2 Å². The predicted molar refractivity (Wildman–Crippen MR) is 94.1 cm³/mol. The molecule has 3 amide bonds. The predicted octanol–water partition coefficient (Wildman–Crippen LogP) is 3.62. The van der Waals surface area contributed by atoms with E-state index in [1.54, 1.807) is 0 Å². The molecule has 0 bridgehead atoms. The molecule has 1 aromatic rings. The number of hydrogen-bond acceptors (Lipinski definition) is 2. The van der Waals surface area contributed by atoms with Crippen LogP contribution in [0, 0.1) is 17.6 Å². The molecule has 1 heterocycles. The number of benzene rings is 1. The SMILES string of the molecule is C[C@@H]1C(=O)NCCN1C(=O)NC(c1ccc(F)c(Cl)c1F)C1CCC(F)(F)C1. The summed E-state index contributed by atoms with van der Waals surface area (Å²) in [6, 6.07) is -0.534. The summed E-state index contributed by atoms with van der Waals surface area (Å²) in [6.07, 6.45) is -0.867. The highest BCUT2D eigenvalue weighted by molar-refractivity contribution is 6.31. The molecule has 1 aliphatic heterocycles. The first-order chi connectivity index (χ1) is 13.1. The minimum Gasteiger partial charge on any atom is -0.353 e. The monoisotopic (exact) mass is 421 g/mol. The molecule has 1 aliphatic carbocycles.